The number of unbranched alkanes of at least 4 members (excludes halogenated alkanes) is 3. The molecule has 1 aliphatic rings. The maximum Gasteiger partial charge on any atom is 0.0873 e. The third-order valence-corrected chi connectivity index (χ3v) is 69.3. The molecule has 1 aliphatic carbocycles. The fourth-order valence-corrected chi connectivity index (χ4v) is 89.9. The number of hydrogen-bond donors (Lipinski definition) is 0. The van der Waals surface area contributed by atoms with E-state index in [1.807, 2.05) is 19.1 Å². The van der Waals surface area contributed by atoms with Crippen molar-refractivity contribution >= 4 is 28.9 Å². The van der Waals surface area contributed by atoms with Gasteiger partial charge in [-0.05, 0) is 13.0 Å². The minimum absolute atomic E-state index is 0. The monoisotopic (exact) mass is 571 g/mol. The largest absolute Gasteiger partial charge is 0.283 e. The molecule has 0 heterocycles. The maximum absolute atomic E-state index is 6.08. The molecule has 0 aromatic heterocycles. The zero-order valence-electron chi connectivity index (χ0n) is 24.6. The average molecular weight is 572 g/mol. The normalized spacial score (nSPS) is 14.4. The van der Waals surface area contributed by atoms with Gasteiger partial charge in [0.25, 0.3) is 0 Å². The fourth-order valence-electron chi connectivity index (χ4n) is 6.02. The van der Waals surface area contributed by atoms with Crippen molar-refractivity contribution < 1.29 is 21.7 Å². The number of rotatable bonds is 14. The van der Waals surface area contributed by atoms with Crippen molar-refractivity contribution in [3.05, 3.63) is 48.7 Å². The first-order chi connectivity index (χ1) is 15.4. The minimum atomic E-state index is -1.44. The first kappa shape index (κ1) is 36.7. The Bertz CT molecular complexity index is 664. The van der Waals surface area contributed by atoms with E-state index >= 15 is 0 Å². The second-order valence-corrected chi connectivity index (χ2v) is 46.1. The molecule has 1 nitrogen and oxygen atoms in total. The van der Waals surface area contributed by atoms with Crippen molar-refractivity contribution in [3.8, 4) is 0 Å². The second-order valence-electron chi connectivity index (χ2n) is 11.5. The zero-order valence-corrected chi connectivity index (χ0v) is 30.1. The molecule has 0 saturated heterocycles. The Morgan fingerprint density at radius 3 is 1.50 bits per heavy atom. The molecule has 0 aromatic carbocycles. The van der Waals surface area contributed by atoms with E-state index in [0.29, 0.717) is 0 Å². The van der Waals surface area contributed by atoms with Gasteiger partial charge in [0.05, 0.1) is 23.2 Å². The molecule has 0 aliphatic heterocycles. The predicted octanol–water partition coefficient (Wildman–Crippen LogP) is 11.8. The molecule has 0 unspecified atom stereocenters. The molecule has 34 heavy (non-hydrogen) atoms. The van der Waals surface area contributed by atoms with Crippen molar-refractivity contribution in [1.82, 2.24) is 0 Å². The van der Waals surface area contributed by atoms with E-state index in [-0.39, 0.29) is 21.7 Å². The maximum atomic E-state index is 6.08. The van der Waals surface area contributed by atoms with E-state index in [9.17, 15) is 0 Å². The SMILES string of the molecule is C=CC=CC.CCCC[Si](C)(C)P(=NC1=CC=CC1)([Si](C)(C)CCCC)[Si](C)(C)CCCC.[Ti]. The third-order valence-electron chi connectivity index (χ3n) is 7.41. The Balaban J connectivity index is 0. The molecule has 0 atom stereocenters. The first-order valence-corrected chi connectivity index (χ1v) is 27.5. The summed E-state index contributed by atoms with van der Waals surface area (Å²) in [7, 11) is -4.33. The molecular weight excluding hydrogens is 513 g/mol. The van der Waals surface area contributed by atoms with Gasteiger partial charge in [-0.25, -0.2) is 0 Å². The molecule has 6 heteroatoms. The standard InChI is InChI=1S/C23H50NPSi3.C5H8.Ti/c1-10-13-20-26(4,5)25(24-23-18-16-17-19-23,27(6,7)21-14-11-2)28(8,9)22-15-12-3;1-3-5-4-2;/h16-18H,10-15,19-22H2,1-9H3;3-5H,1H2,2H3;. The summed E-state index contributed by atoms with van der Waals surface area (Å²) < 4.78 is 6.08. The van der Waals surface area contributed by atoms with Crippen LogP contribution in [-0.2, 0) is 21.7 Å². The quantitative estimate of drug-likeness (QED) is 0.112. The summed E-state index contributed by atoms with van der Waals surface area (Å²) in [5, 5.41) is 0. The van der Waals surface area contributed by atoms with Crippen molar-refractivity contribution in [1.29, 1.82) is 0 Å². The molecule has 0 saturated carbocycles. The van der Waals surface area contributed by atoms with Crippen LogP contribution in [0.2, 0.25) is 57.4 Å². The molecular formula is C28H58NPSi3Ti. The van der Waals surface area contributed by atoms with Crippen molar-refractivity contribution in [2.75, 3.05) is 0 Å². The van der Waals surface area contributed by atoms with E-state index in [4.69, 9.17) is 4.74 Å². The molecule has 0 amide bonds. The summed E-state index contributed by atoms with van der Waals surface area (Å²) in [5.74, 6) is 0. The van der Waals surface area contributed by atoms with Crippen molar-refractivity contribution in [2.45, 2.75) is 130 Å². The summed E-state index contributed by atoms with van der Waals surface area (Å²) in [6.45, 7) is 29.3. The topological polar surface area (TPSA) is 12.4 Å². The van der Waals surface area contributed by atoms with E-state index in [2.05, 4.69) is 84.9 Å². The summed E-state index contributed by atoms with van der Waals surface area (Å²) in [5.41, 5.74) is 0.134. The molecule has 1 rings (SSSR count). The van der Waals surface area contributed by atoms with Crippen LogP contribution in [0.3, 0.4) is 0 Å². The van der Waals surface area contributed by atoms with Crippen LogP contribution in [0, 0.1) is 0 Å². The van der Waals surface area contributed by atoms with Crippen LogP contribution >= 0.6 is 5.70 Å². The molecule has 0 spiro atoms. The molecule has 196 valence electrons. The number of hydrogen-bond acceptors (Lipinski definition) is 1. The van der Waals surface area contributed by atoms with Gasteiger partial charge in [-0.15, -0.1) is 0 Å². The van der Waals surface area contributed by atoms with Gasteiger partial charge in [0.1, 0.15) is 0 Å². The number of allylic oxidation sites excluding steroid dienone is 6. The van der Waals surface area contributed by atoms with E-state index in [0.717, 1.165) is 6.42 Å². The minimum Gasteiger partial charge on any atom is -0.283 e. The summed E-state index contributed by atoms with van der Waals surface area (Å²) in [4.78, 5) is 0. The van der Waals surface area contributed by atoms with E-state index in [1.165, 1.54) is 62.4 Å². The smallest absolute Gasteiger partial charge is 0.0873 e. The Hall–Kier alpha value is 0.555. The van der Waals surface area contributed by atoms with Gasteiger partial charge in [0.15, 0.2) is 0 Å². The van der Waals surface area contributed by atoms with Crippen LogP contribution in [0.5, 0.6) is 0 Å². The number of nitrogens with zero attached hydrogens (tertiary/aromatic N) is 1. The molecule has 0 fully saturated rings. The molecule has 0 aromatic rings. The van der Waals surface area contributed by atoms with Crippen LogP contribution in [-0.4, -0.2) is 23.2 Å². The predicted molar refractivity (Wildman–Crippen MR) is 168 cm³/mol. The average Bonchev–Trinajstić information content (AvgIpc) is 3.27. The Labute approximate surface area is 233 Å². The summed E-state index contributed by atoms with van der Waals surface area (Å²) >= 11 is 0. The van der Waals surface area contributed by atoms with Crippen molar-refractivity contribution in [3.63, 3.8) is 0 Å². The van der Waals surface area contributed by atoms with Gasteiger partial charge >= 0.3 is 0 Å². The second kappa shape index (κ2) is 17.9. The molecule has 0 radical (unpaired) electrons. The van der Waals surface area contributed by atoms with Crippen LogP contribution in [0.15, 0.2) is 53.5 Å². The zero-order chi connectivity index (χ0) is 25.6. The van der Waals surface area contributed by atoms with Gasteiger partial charge in [-0.1, -0.05) is 159 Å². The van der Waals surface area contributed by atoms with Gasteiger partial charge in [0.2, 0.25) is 0 Å². The Morgan fingerprint density at radius 2 is 1.26 bits per heavy atom. The van der Waals surface area contributed by atoms with Crippen LogP contribution in [0.25, 0.3) is 0 Å². The summed E-state index contributed by atoms with van der Waals surface area (Å²) in [6.07, 6.45) is 21.9. The van der Waals surface area contributed by atoms with Gasteiger partial charge in [0, 0.05) is 33.8 Å². The van der Waals surface area contributed by atoms with Crippen LogP contribution in [0.4, 0.5) is 0 Å². The fraction of sp³-hybridized carbons (Fsp3) is 0.714. The Morgan fingerprint density at radius 1 is 0.853 bits per heavy atom. The summed E-state index contributed by atoms with van der Waals surface area (Å²) in [6, 6.07) is 4.52. The van der Waals surface area contributed by atoms with Gasteiger partial charge in [-0.3, -0.25) is 4.74 Å². The molecule has 0 bridgehead atoms. The van der Waals surface area contributed by atoms with Crippen molar-refractivity contribution in [2.24, 2.45) is 4.74 Å². The van der Waals surface area contributed by atoms with Gasteiger partial charge in [-0.2, -0.15) is 0 Å². The van der Waals surface area contributed by atoms with E-state index < -0.39 is 28.9 Å². The Kier molecular flexibility index (Phi) is 19.3. The van der Waals surface area contributed by atoms with Crippen LogP contribution in [0.1, 0.15) is 72.6 Å². The molecule has 0 N–H and O–H groups in total. The van der Waals surface area contributed by atoms with Gasteiger partial charge < -0.3 is 0 Å². The van der Waals surface area contributed by atoms with Crippen LogP contribution < -0.4 is 0 Å². The first-order valence-electron chi connectivity index (χ1n) is 13.6. The van der Waals surface area contributed by atoms with E-state index in [1.54, 1.807) is 6.08 Å². The third kappa shape index (κ3) is 10.1.